The Bertz CT molecular complexity index is 955. The zero-order valence-electron chi connectivity index (χ0n) is 15.1. The zero-order valence-corrected chi connectivity index (χ0v) is 15.1. The van der Waals surface area contributed by atoms with Crippen molar-refractivity contribution in [2.45, 2.75) is 6.92 Å². The van der Waals surface area contributed by atoms with Crippen LogP contribution in [0.1, 0.15) is 27.4 Å². The topological polar surface area (TPSA) is 131 Å². The van der Waals surface area contributed by atoms with Gasteiger partial charge in [0.05, 0.1) is 12.7 Å². The molecule has 0 saturated heterocycles. The number of para-hydroxylation sites is 1. The number of nitrogens with zero attached hydrogens (tertiary/aromatic N) is 1. The van der Waals surface area contributed by atoms with Gasteiger partial charge in [0.1, 0.15) is 28.9 Å². The van der Waals surface area contributed by atoms with Gasteiger partial charge in [-0.1, -0.05) is 12.1 Å². The van der Waals surface area contributed by atoms with Gasteiger partial charge >= 0.3 is 5.97 Å². The zero-order chi connectivity index (χ0) is 20.5. The van der Waals surface area contributed by atoms with E-state index in [9.17, 15) is 14.4 Å². The van der Waals surface area contributed by atoms with Gasteiger partial charge in [-0.15, -0.1) is 0 Å². The number of hydrazine groups is 1. The van der Waals surface area contributed by atoms with Crippen LogP contribution in [0.25, 0.3) is 6.08 Å². The molecule has 0 aliphatic carbocycles. The molecule has 1 aromatic heterocycles. The van der Waals surface area contributed by atoms with Crippen molar-refractivity contribution in [3.8, 4) is 11.8 Å². The first-order valence-electron chi connectivity index (χ1n) is 8.02. The molecule has 0 radical (unpaired) electrons. The van der Waals surface area contributed by atoms with Crippen LogP contribution in [0.15, 0.2) is 40.8 Å². The standard InChI is InChI=1S/C19H17N3O6/c1-12-15(19(25)26-2)9-14(28-12)7-8-17(23)21-22-18(24)11-27-16-6-4-3-5-13(16)10-20/h3-9H,11H2,1-2H3,(H,21,23)(H,22,24)/b8-7+. The second-order valence-electron chi connectivity index (χ2n) is 5.38. The Kier molecular flexibility index (Phi) is 6.93. The summed E-state index contributed by atoms with van der Waals surface area (Å²) in [6.45, 7) is 1.21. The molecule has 144 valence electrons. The average Bonchev–Trinajstić information content (AvgIpc) is 3.09. The summed E-state index contributed by atoms with van der Waals surface area (Å²) < 4.78 is 15.2. The molecule has 0 saturated carbocycles. The molecule has 0 bridgehead atoms. The Labute approximate surface area is 160 Å². The van der Waals surface area contributed by atoms with Crippen LogP contribution in [0.5, 0.6) is 5.75 Å². The van der Waals surface area contributed by atoms with Gasteiger partial charge in [-0.25, -0.2) is 4.79 Å². The van der Waals surface area contributed by atoms with Crippen LogP contribution in [0, 0.1) is 18.3 Å². The lowest BCUT2D eigenvalue weighted by Crippen LogP contribution is -2.43. The fourth-order valence-corrected chi connectivity index (χ4v) is 2.09. The summed E-state index contributed by atoms with van der Waals surface area (Å²) in [5, 5.41) is 8.95. The molecule has 2 rings (SSSR count). The van der Waals surface area contributed by atoms with Crippen molar-refractivity contribution in [2.75, 3.05) is 13.7 Å². The third kappa shape index (κ3) is 5.47. The molecule has 9 heteroatoms. The van der Waals surface area contributed by atoms with Crippen molar-refractivity contribution >= 4 is 23.9 Å². The van der Waals surface area contributed by atoms with E-state index in [1.807, 2.05) is 6.07 Å². The average molecular weight is 383 g/mol. The summed E-state index contributed by atoms with van der Waals surface area (Å²) in [5.74, 6) is -0.891. The molecule has 0 spiro atoms. The number of ether oxygens (including phenoxy) is 2. The highest BCUT2D eigenvalue weighted by Gasteiger charge is 2.14. The lowest BCUT2D eigenvalue weighted by Gasteiger charge is -2.08. The van der Waals surface area contributed by atoms with Crippen LogP contribution in [0.3, 0.4) is 0 Å². The molecule has 2 amide bonds. The number of hydrogen-bond acceptors (Lipinski definition) is 7. The molecule has 2 N–H and O–H groups in total. The number of benzene rings is 1. The molecule has 1 heterocycles. The van der Waals surface area contributed by atoms with Gasteiger partial charge in [-0.3, -0.25) is 20.4 Å². The van der Waals surface area contributed by atoms with Gasteiger partial charge in [0.25, 0.3) is 11.8 Å². The Morgan fingerprint density at radius 2 is 2.00 bits per heavy atom. The number of carbonyl (C=O) groups is 3. The largest absolute Gasteiger partial charge is 0.482 e. The number of aryl methyl sites for hydroxylation is 1. The highest BCUT2D eigenvalue weighted by molar-refractivity contribution is 5.94. The Balaban J connectivity index is 1.82. The maximum Gasteiger partial charge on any atom is 0.341 e. The molecule has 9 nitrogen and oxygen atoms in total. The van der Waals surface area contributed by atoms with E-state index in [4.69, 9.17) is 14.4 Å². The van der Waals surface area contributed by atoms with Gasteiger partial charge in [0.15, 0.2) is 6.61 Å². The summed E-state index contributed by atoms with van der Waals surface area (Å²) in [7, 11) is 1.25. The van der Waals surface area contributed by atoms with Gasteiger partial charge in [-0.05, 0) is 31.2 Å². The normalized spacial score (nSPS) is 10.2. The summed E-state index contributed by atoms with van der Waals surface area (Å²) in [4.78, 5) is 35.0. The first-order valence-corrected chi connectivity index (χ1v) is 8.02. The predicted molar refractivity (Wildman–Crippen MR) is 96.8 cm³/mol. The molecule has 0 atom stereocenters. The maximum atomic E-state index is 11.7. The minimum atomic E-state index is -0.626. The van der Waals surface area contributed by atoms with Crippen LogP contribution >= 0.6 is 0 Å². The Hall–Kier alpha value is -4.06. The van der Waals surface area contributed by atoms with E-state index in [0.717, 1.165) is 6.08 Å². The number of esters is 1. The van der Waals surface area contributed by atoms with E-state index < -0.39 is 17.8 Å². The van der Waals surface area contributed by atoms with Gasteiger partial charge in [0, 0.05) is 6.08 Å². The smallest absolute Gasteiger partial charge is 0.341 e. The van der Waals surface area contributed by atoms with Crippen molar-refractivity contribution in [1.29, 1.82) is 5.26 Å². The first kappa shape index (κ1) is 20.3. The number of nitrogens with one attached hydrogen (secondary N) is 2. The van der Waals surface area contributed by atoms with Crippen molar-refractivity contribution in [3.05, 3.63) is 59.1 Å². The second-order valence-corrected chi connectivity index (χ2v) is 5.38. The van der Waals surface area contributed by atoms with Gasteiger partial charge in [-0.2, -0.15) is 5.26 Å². The number of rotatable bonds is 6. The molecule has 1 aromatic carbocycles. The highest BCUT2D eigenvalue weighted by atomic mass is 16.5. The van der Waals surface area contributed by atoms with E-state index in [1.165, 1.54) is 19.3 Å². The lowest BCUT2D eigenvalue weighted by atomic mass is 10.2. The van der Waals surface area contributed by atoms with Crippen molar-refractivity contribution in [3.63, 3.8) is 0 Å². The molecule has 28 heavy (non-hydrogen) atoms. The third-order valence-corrected chi connectivity index (χ3v) is 3.43. The Morgan fingerprint density at radius 1 is 1.25 bits per heavy atom. The van der Waals surface area contributed by atoms with Crippen LogP contribution in [-0.2, 0) is 14.3 Å². The number of nitriles is 1. The minimum Gasteiger partial charge on any atom is -0.482 e. The van der Waals surface area contributed by atoms with Crippen LogP contribution in [0.4, 0.5) is 0 Å². The predicted octanol–water partition coefficient (Wildman–Crippen LogP) is 1.49. The van der Waals surface area contributed by atoms with Crippen molar-refractivity contribution in [1.82, 2.24) is 10.9 Å². The summed E-state index contributed by atoms with van der Waals surface area (Å²) in [5.41, 5.74) is 4.89. The first-order chi connectivity index (χ1) is 13.4. The SMILES string of the molecule is COC(=O)c1cc(/C=C/C(=O)NNC(=O)COc2ccccc2C#N)oc1C. The highest BCUT2D eigenvalue weighted by Crippen LogP contribution is 2.17. The van der Waals surface area contributed by atoms with Crippen LogP contribution < -0.4 is 15.6 Å². The van der Waals surface area contributed by atoms with Gasteiger partial charge < -0.3 is 13.9 Å². The van der Waals surface area contributed by atoms with E-state index in [2.05, 4.69) is 15.6 Å². The van der Waals surface area contributed by atoms with Crippen molar-refractivity contribution in [2.24, 2.45) is 0 Å². The number of amides is 2. The lowest BCUT2D eigenvalue weighted by molar-refractivity contribution is -0.128. The molecule has 2 aromatic rings. The molecule has 0 aliphatic rings. The monoisotopic (exact) mass is 383 g/mol. The fourth-order valence-electron chi connectivity index (χ4n) is 2.09. The van der Waals surface area contributed by atoms with Gasteiger partial charge in [0.2, 0.25) is 0 Å². The van der Waals surface area contributed by atoms with E-state index in [1.54, 1.807) is 31.2 Å². The number of furan rings is 1. The fraction of sp³-hybridized carbons (Fsp3) is 0.158. The molecule has 0 aliphatic heterocycles. The number of methoxy groups -OCH3 is 1. The molecule has 0 fully saturated rings. The summed E-state index contributed by atoms with van der Waals surface area (Å²) in [6, 6.07) is 9.84. The summed E-state index contributed by atoms with van der Waals surface area (Å²) in [6.07, 6.45) is 2.45. The van der Waals surface area contributed by atoms with E-state index >= 15 is 0 Å². The Morgan fingerprint density at radius 3 is 2.71 bits per heavy atom. The molecular weight excluding hydrogens is 366 g/mol. The van der Waals surface area contributed by atoms with Crippen LogP contribution in [-0.4, -0.2) is 31.5 Å². The van der Waals surface area contributed by atoms with E-state index in [-0.39, 0.29) is 23.7 Å². The molecular formula is C19H17N3O6. The number of hydrogen-bond donors (Lipinski definition) is 2. The van der Waals surface area contributed by atoms with Crippen molar-refractivity contribution < 1.29 is 28.3 Å². The van der Waals surface area contributed by atoms with Crippen LogP contribution in [0.2, 0.25) is 0 Å². The van der Waals surface area contributed by atoms with E-state index in [0.29, 0.717) is 11.3 Å². The molecule has 0 unspecified atom stereocenters. The number of carbonyl (C=O) groups excluding carboxylic acids is 3. The third-order valence-electron chi connectivity index (χ3n) is 3.43. The second kappa shape index (κ2) is 9.59. The maximum absolute atomic E-state index is 11.7. The minimum absolute atomic E-state index is 0.255. The summed E-state index contributed by atoms with van der Waals surface area (Å²) >= 11 is 0. The quantitative estimate of drug-likeness (QED) is 0.439.